The van der Waals surface area contributed by atoms with E-state index >= 15 is 0 Å². The van der Waals surface area contributed by atoms with Crippen molar-refractivity contribution in [3.8, 4) is 0 Å². The monoisotopic (exact) mass is 390 g/mol. The van der Waals surface area contributed by atoms with Crippen LogP contribution in [0.2, 0.25) is 0 Å². The second-order valence-electron chi connectivity index (χ2n) is 5.48. The van der Waals surface area contributed by atoms with Gasteiger partial charge in [-0.25, -0.2) is 4.79 Å². The lowest BCUT2D eigenvalue weighted by atomic mass is 10.1. The van der Waals surface area contributed by atoms with Crippen molar-refractivity contribution in [2.45, 2.75) is 19.3 Å². The third-order valence-electron chi connectivity index (χ3n) is 3.78. The number of piperidine rings is 1. The number of carbonyl (C=O) groups excluding carboxylic acids is 1. The van der Waals surface area contributed by atoms with Crippen LogP contribution in [0.1, 0.15) is 19.3 Å². The molecule has 1 aliphatic rings. The fourth-order valence-electron chi connectivity index (χ4n) is 2.53. The summed E-state index contributed by atoms with van der Waals surface area (Å²) < 4.78 is 6.27. The lowest BCUT2D eigenvalue weighted by Gasteiger charge is -2.37. The quantitative estimate of drug-likeness (QED) is 0.575. The van der Waals surface area contributed by atoms with Crippen LogP contribution < -0.4 is 29.3 Å². The lowest BCUT2D eigenvalue weighted by molar-refractivity contribution is -0.914. The average molecular weight is 390 g/mol. The van der Waals surface area contributed by atoms with Gasteiger partial charge in [-0.3, -0.25) is 5.32 Å². The number of amides is 1. The summed E-state index contributed by atoms with van der Waals surface area (Å²) in [6, 6.07) is 9.38. The van der Waals surface area contributed by atoms with Gasteiger partial charge in [-0.05, 0) is 31.4 Å². The van der Waals surface area contributed by atoms with Crippen LogP contribution in [0.4, 0.5) is 10.5 Å². The largest absolute Gasteiger partial charge is 1.00 e. The summed E-state index contributed by atoms with van der Waals surface area (Å²) in [5.74, 6) is 0. The van der Waals surface area contributed by atoms with E-state index in [1.807, 2.05) is 30.3 Å². The highest BCUT2D eigenvalue weighted by Gasteiger charge is 2.24. The smallest absolute Gasteiger partial charge is 0.411 e. The Morgan fingerprint density at radius 3 is 2.50 bits per heavy atom. The van der Waals surface area contributed by atoms with Gasteiger partial charge in [0.05, 0.1) is 20.1 Å². The van der Waals surface area contributed by atoms with E-state index in [-0.39, 0.29) is 30.1 Å². The molecule has 1 saturated heterocycles. The topological polar surface area (TPSA) is 38.3 Å². The van der Waals surface area contributed by atoms with E-state index in [1.54, 1.807) is 0 Å². The van der Waals surface area contributed by atoms with Crippen LogP contribution in [0, 0.1) is 0 Å². The van der Waals surface area contributed by atoms with Crippen molar-refractivity contribution in [1.29, 1.82) is 0 Å². The molecular weight excluding hydrogens is 367 g/mol. The molecule has 1 N–H and O–H groups in total. The number of quaternary nitrogens is 1. The summed E-state index contributed by atoms with van der Waals surface area (Å²) in [6.07, 6.45) is 3.54. The highest BCUT2D eigenvalue weighted by Crippen LogP contribution is 2.15. The third kappa shape index (κ3) is 5.66. The molecular formula is C15H23IN2O2. The Bertz CT molecular complexity index is 406. The van der Waals surface area contributed by atoms with Crippen LogP contribution in [-0.4, -0.2) is 43.9 Å². The normalized spacial score (nSPS) is 16.9. The summed E-state index contributed by atoms with van der Waals surface area (Å²) in [6.45, 7) is 3.78. The van der Waals surface area contributed by atoms with E-state index in [2.05, 4.69) is 12.4 Å². The van der Waals surface area contributed by atoms with Gasteiger partial charge in [-0.1, -0.05) is 18.2 Å². The Balaban J connectivity index is 0.00000200. The first-order chi connectivity index (χ1) is 9.18. The highest BCUT2D eigenvalue weighted by molar-refractivity contribution is 5.84. The van der Waals surface area contributed by atoms with Crippen LogP contribution in [0.15, 0.2) is 30.3 Å². The summed E-state index contributed by atoms with van der Waals surface area (Å²) in [5, 5.41) is 2.72. The Morgan fingerprint density at radius 2 is 1.85 bits per heavy atom. The molecule has 0 aromatic heterocycles. The summed E-state index contributed by atoms with van der Waals surface area (Å²) in [7, 11) is 2.25. The number of benzene rings is 1. The summed E-state index contributed by atoms with van der Waals surface area (Å²) >= 11 is 0. The molecule has 0 radical (unpaired) electrons. The van der Waals surface area contributed by atoms with Gasteiger partial charge in [-0.2, -0.15) is 0 Å². The molecule has 5 heteroatoms. The molecule has 0 saturated carbocycles. The number of likely N-dealkylation sites (N-methyl/N-ethyl adjacent to an activating group) is 1. The first kappa shape index (κ1) is 17.2. The Labute approximate surface area is 138 Å². The van der Waals surface area contributed by atoms with Crippen LogP contribution >= 0.6 is 0 Å². The van der Waals surface area contributed by atoms with E-state index < -0.39 is 0 Å². The summed E-state index contributed by atoms with van der Waals surface area (Å²) in [4.78, 5) is 11.6. The highest BCUT2D eigenvalue weighted by atomic mass is 127. The fourth-order valence-corrected chi connectivity index (χ4v) is 2.53. The number of anilines is 1. The molecule has 1 aliphatic heterocycles. The van der Waals surface area contributed by atoms with Crippen LogP contribution in [0.3, 0.4) is 0 Å². The number of nitrogens with zero attached hydrogens (tertiary/aromatic N) is 1. The van der Waals surface area contributed by atoms with Crippen molar-refractivity contribution in [2.24, 2.45) is 0 Å². The van der Waals surface area contributed by atoms with Gasteiger partial charge in [-0.15, -0.1) is 0 Å². The number of hydrogen-bond acceptors (Lipinski definition) is 2. The first-order valence-electron chi connectivity index (χ1n) is 7.00. The van der Waals surface area contributed by atoms with Crippen molar-refractivity contribution in [3.63, 3.8) is 0 Å². The average Bonchev–Trinajstić information content (AvgIpc) is 2.40. The van der Waals surface area contributed by atoms with Crippen LogP contribution in [-0.2, 0) is 4.74 Å². The zero-order valence-electron chi connectivity index (χ0n) is 12.0. The van der Waals surface area contributed by atoms with Gasteiger partial charge in [0.25, 0.3) is 0 Å². The summed E-state index contributed by atoms with van der Waals surface area (Å²) in [5.41, 5.74) is 0.769. The molecule has 1 fully saturated rings. The minimum atomic E-state index is -0.366. The number of nitrogens with one attached hydrogen (secondary N) is 1. The molecule has 1 heterocycles. The maximum atomic E-state index is 11.6. The molecule has 0 atom stereocenters. The SMILES string of the molecule is C[N+]1(CCOC(=O)Nc2ccccc2)CCCCC1.[I-]. The number of rotatable bonds is 4. The van der Waals surface area contributed by atoms with E-state index in [4.69, 9.17) is 4.74 Å². The number of halogens is 1. The molecule has 1 amide bonds. The van der Waals surface area contributed by atoms with E-state index in [9.17, 15) is 4.79 Å². The molecule has 112 valence electrons. The standard InChI is InChI=1S/C15H22N2O2.HI/c1-17(10-6-3-7-11-17)12-13-19-15(18)16-14-8-4-2-5-9-14;/h2,4-5,8-9H,3,6-7,10-13H2,1H3;1H. The molecule has 1 aromatic rings. The van der Waals surface area contributed by atoms with Gasteiger partial charge in [0, 0.05) is 5.69 Å². The maximum absolute atomic E-state index is 11.6. The zero-order valence-corrected chi connectivity index (χ0v) is 14.1. The first-order valence-corrected chi connectivity index (χ1v) is 7.00. The predicted molar refractivity (Wildman–Crippen MR) is 76.0 cm³/mol. The number of ether oxygens (including phenoxy) is 1. The molecule has 0 spiro atoms. The minimum absolute atomic E-state index is 0. The van der Waals surface area contributed by atoms with Crippen LogP contribution in [0.25, 0.3) is 0 Å². The van der Waals surface area contributed by atoms with Gasteiger partial charge >= 0.3 is 6.09 Å². The molecule has 2 rings (SSSR count). The van der Waals surface area contributed by atoms with Gasteiger partial charge in [0.1, 0.15) is 13.2 Å². The minimum Gasteiger partial charge on any atom is -1.00 e. The van der Waals surface area contributed by atoms with Gasteiger partial charge in [0.15, 0.2) is 0 Å². The lowest BCUT2D eigenvalue weighted by Crippen LogP contribution is -3.00. The van der Waals surface area contributed by atoms with Crippen molar-refractivity contribution in [3.05, 3.63) is 30.3 Å². The number of para-hydroxylation sites is 1. The third-order valence-corrected chi connectivity index (χ3v) is 3.78. The maximum Gasteiger partial charge on any atom is 0.411 e. The molecule has 4 nitrogen and oxygen atoms in total. The van der Waals surface area contributed by atoms with Crippen molar-refractivity contribution < 1.29 is 38.0 Å². The van der Waals surface area contributed by atoms with Crippen molar-refractivity contribution >= 4 is 11.8 Å². The molecule has 0 bridgehead atoms. The van der Waals surface area contributed by atoms with E-state index in [0.717, 1.165) is 16.7 Å². The number of likely N-dealkylation sites (tertiary alicyclic amines) is 1. The van der Waals surface area contributed by atoms with E-state index in [1.165, 1.54) is 32.4 Å². The van der Waals surface area contributed by atoms with Gasteiger partial charge in [0.2, 0.25) is 0 Å². The molecule has 1 aromatic carbocycles. The van der Waals surface area contributed by atoms with Crippen LogP contribution in [0.5, 0.6) is 0 Å². The Morgan fingerprint density at radius 1 is 1.20 bits per heavy atom. The number of hydrogen-bond donors (Lipinski definition) is 1. The second-order valence-corrected chi connectivity index (χ2v) is 5.48. The zero-order chi connectivity index (χ0) is 13.6. The molecule has 0 aliphatic carbocycles. The fraction of sp³-hybridized carbons (Fsp3) is 0.533. The van der Waals surface area contributed by atoms with Crippen molar-refractivity contribution in [2.75, 3.05) is 38.6 Å². The van der Waals surface area contributed by atoms with Crippen molar-refractivity contribution in [1.82, 2.24) is 0 Å². The van der Waals surface area contributed by atoms with E-state index in [0.29, 0.717) is 6.61 Å². The molecule has 20 heavy (non-hydrogen) atoms. The Hall–Kier alpha value is -0.820. The Kier molecular flexibility index (Phi) is 7.29. The second kappa shape index (κ2) is 8.46. The molecule has 0 unspecified atom stereocenters. The number of carbonyl (C=O) groups is 1. The predicted octanol–water partition coefficient (Wildman–Crippen LogP) is -0.130. The van der Waals surface area contributed by atoms with Gasteiger partial charge < -0.3 is 33.2 Å².